The quantitative estimate of drug-likeness (QED) is 0.909. The average molecular weight is 298 g/mol. The zero-order valence-electron chi connectivity index (χ0n) is 9.79. The summed E-state index contributed by atoms with van der Waals surface area (Å²) in [5.74, 6) is -0.634. The van der Waals surface area contributed by atoms with E-state index in [-0.39, 0.29) is 11.7 Å². The maximum atomic E-state index is 12.7. The van der Waals surface area contributed by atoms with Crippen LogP contribution in [0, 0.1) is 5.82 Å². The van der Waals surface area contributed by atoms with Crippen molar-refractivity contribution in [2.75, 3.05) is 0 Å². The first-order chi connectivity index (χ1) is 9.06. The zero-order valence-corrected chi connectivity index (χ0v) is 11.3. The van der Waals surface area contributed by atoms with Crippen molar-refractivity contribution in [3.05, 3.63) is 69.5 Å². The third kappa shape index (κ3) is 3.69. The molecule has 2 nitrogen and oxygen atoms in total. The molecule has 0 atom stereocenters. The number of carbonyl (C=O) groups is 1. The molecule has 1 N–H and O–H groups in total. The second-order valence-electron chi connectivity index (χ2n) is 3.93. The Morgan fingerprint density at radius 3 is 2.47 bits per heavy atom. The molecule has 0 aliphatic carbocycles. The number of nitrogens with one attached hydrogen (secondary N) is 1. The number of hydrogen-bond donors (Lipinski definition) is 1. The van der Waals surface area contributed by atoms with Crippen LogP contribution in [0.25, 0.3) is 0 Å². The fraction of sp³-hybridized carbons (Fsp3) is 0.0714. The molecule has 2 aromatic rings. The lowest BCUT2D eigenvalue weighted by molar-refractivity contribution is 0.0951. The molecule has 0 heterocycles. The minimum atomic E-state index is -0.322. The predicted molar refractivity (Wildman–Crippen MR) is 74.0 cm³/mol. The first-order valence-corrected chi connectivity index (χ1v) is 6.29. The van der Waals surface area contributed by atoms with Crippen LogP contribution in [0.15, 0.2) is 42.5 Å². The van der Waals surface area contributed by atoms with E-state index in [1.807, 2.05) is 0 Å². The SMILES string of the molecule is O=C(NCc1ccc(F)cc1)c1cc(Cl)ccc1Cl. The summed E-state index contributed by atoms with van der Waals surface area (Å²) in [4.78, 5) is 11.9. The Morgan fingerprint density at radius 1 is 1.11 bits per heavy atom. The first-order valence-electron chi connectivity index (χ1n) is 5.54. The second-order valence-corrected chi connectivity index (χ2v) is 4.78. The van der Waals surface area contributed by atoms with Gasteiger partial charge in [0, 0.05) is 11.6 Å². The molecule has 0 fully saturated rings. The van der Waals surface area contributed by atoms with Gasteiger partial charge in [-0.05, 0) is 35.9 Å². The number of halogens is 3. The van der Waals surface area contributed by atoms with Crippen LogP contribution in [0.2, 0.25) is 10.0 Å². The van der Waals surface area contributed by atoms with Gasteiger partial charge in [-0.1, -0.05) is 35.3 Å². The monoisotopic (exact) mass is 297 g/mol. The van der Waals surface area contributed by atoms with E-state index in [2.05, 4.69) is 5.32 Å². The minimum absolute atomic E-state index is 0.294. The summed E-state index contributed by atoms with van der Waals surface area (Å²) in [7, 11) is 0. The molecule has 0 spiro atoms. The Balaban J connectivity index is 2.05. The summed E-state index contributed by atoms with van der Waals surface area (Å²) in [6.07, 6.45) is 0. The van der Waals surface area contributed by atoms with Gasteiger partial charge in [0.25, 0.3) is 5.91 Å². The molecule has 1 amide bonds. The van der Waals surface area contributed by atoms with Gasteiger partial charge in [0.15, 0.2) is 0 Å². The first kappa shape index (κ1) is 13.8. The predicted octanol–water partition coefficient (Wildman–Crippen LogP) is 4.06. The van der Waals surface area contributed by atoms with E-state index in [1.165, 1.54) is 18.2 Å². The van der Waals surface area contributed by atoms with E-state index in [1.54, 1.807) is 24.3 Å². The van der Waals surface area contributed by atoms with Gasteiger partial charge in [-0.15, -0.1) is 0 Å². The molecule has 0 aliphatic heterocycles. The van der Waals surface area contributed by atoms with Crippen molar-refractivity contribution < 1.29 is 9.18 Å². The maximum Gasteiger partial charge on any atom is 0.253 e. The van der Waals surface area contributed by atoms with Crippen molar-refractivity contribution in [2.24, 2.45) is 0 Å². The molecule has 19 heavy (non-hydrogen) atoms. The largest absolute Gasteiger partial charge is 0.348 e. The van der Waals surface area contributed by atoms with Gasteiger partial charge < -0.3 is 5.32 Å². The maximum absolute atomic E-state index is 12.7. The standard InChI is InChI=1S/C14H10Cl2FNO/c15-10-3-6-13(16)12(7-10)14(19)18-8-9-1-4-11(17)5-2-9/h1-7H,8H2,(H,18,19). The molecule has 0 saturated carbocycles. The van der Waals surface area contributed by atoms with Crippen LogP contribution in [-0.4, -0.2) is 5.91 Å². The van der Waals surface area contributed by atoms with Crippen molar-refractivity contribution in [3.8, 4) is 0 Å². The highest BCUT2D eigenvalue weighted by atomic mass is 35.5. The summed E-state index contributed by atoms with van der Waals surface area (Å²) < 4.78 is 12.7. The lowest BCUT2D eigenvalue weighted by atomic mass is 10.2. The second kappa shape index (κ2) is 6.04. The number of benzene rings is 2. The Labute approximate surface area is 120 Å². The van der Waals surface area contributed by atoms with Gasteiger partial charge in [-0.3, -0.25) is 4.79 Å². The van der Waals surface area contributed by atoms with E-state index in [0.717, 1.165) is 5.56 Å². The summed E-state index contributed by atoms with van der Waals surface area (Å²) in [6.45, 7) is 0.294. The Kier molecular flexibility index (Phi) is 4.40. The summed E-state index contributed by atoms with van der Waals surface area (Å²) in [6, 6.07) is 10.6. The van der Waals surface area contributed by atoms with E-state index in [4.69, 9.17) is 23.2 Å². The third-order valence-corrected chi connectivity index (χ3v) is 3.10. The Hall–Kier alpha value is -1.58. The number of amides is 1. The molecule has 0 aromatic heterocycles. The Morgan fingerprint density at radius 2 is 1.79 bits per heavy atom. The summed E-state index contributed by atoms with van der Waals surface area (Å²) in [5.41, 5.74) is 1.11. The fourth-order valence-electron chi connectivity index (χ4n) is 1.55. The number of rotatable bonds is 3. The summed E-state index contributed by atoms with van der Waals surface area (Å²) >= 11 is 11.7. The molecular weight excluding hydrogens is 288 g/mol. The van der Waals surface area contributed by atoms with Crippen LogP contribution in [0.5, 0.6) is 0 Å². The van der Waals surface area contributed by atoms with Crippen molar-refractivity contribution in [1.29, 1.82) is 0 Å². The van der Waals surface area contributed by atoms with Gasteiger partial charge in [0.2, 0.25) is 0 Å². The highest BCUT2D eigenvalue weighted by Gasteiger charge is 2.10. The Bertz CT molecular complexity index is 599. The van der Waals surface area contributed by atoms with E-state index >= 15 is 0 Å². The van der Waals surface area contributed by atoms with Crippen LogP contribution >= 0.6 is 23.2 Å². The molecule has 0 bridgehead atoms. The average Bonchev–Trinajstić information content (AvgIpc) is 2.40. The van der Waals surface area contributed by atoms with Gasteiger partial charge in [0.1, 0.15) is 5.82 Å². The fourth-order valence-corrected chi connectivity index (χ4v) is 1.93. The smallest absolute Gasteiger partial charge is 0.253 e. The molecular formula is C14H10Cl2FNO. The van der Waals surface area contributed by atoms with Crippen LogP contribution in [-0.2, 0) is 6.54 Å². The lowest BCUT2D eigenvalue weighted by Crippen LogP contribution is -2.23. The third-order valence-electron chi connectivity index (χ3n) is 2.54. The molecule has 2 rings (SSSR count). The number of hydrogen-bond acceptors (Lipinski definition) is 1. The van der Waals surface area contributed by atoms with Gasteiger partial charge in [0.05, 0.1) is 10.6 Å². The van der Waals surface area contributed by atoms with Crippen molar-refractivity contribution in [1.82, 2.24) is 5.32 Å². The van der Waals surface area contributed by atoms with Crippen LogP contribution in [0.3, 0.4) is 0 Å². The molecule has 0 aliphatic rings. The van der Waals surface area contributed by atoms with Crippen LogP contribution in [0.1, 0.15) is 15.9 Å². The molecule has 0 unspecified atom stereocenters. The number of carbonyl (C=O) groups excluding carboxylic acids is 1. The van der Waals surface area contributed by atoms with Gasteiger partial charge >= 0.3 is 0 Å². The summed E-state index contributed by atoms with van der Waals surface area (Å²) in [5, 5.41) is 3.47. The van der Waals surface area contributed by atoms with Crippen LogP contribution < -0.4 is 5.32 Å². The molecule has 5 heteroatoms. The molecule has 98 valence electrons. The van der Waals surface area contributed by atoms with Gasteiger partial charge in [-0.2, -0.15) is 0 Å². The van der Waals surface area contributed by atoms with Crippen molar-refractivity contribution in [2.45, 2.75) is 6.54 Å². The van der Waals surface area contributed by atoms with Crippen LogP contribution in [0.4, 0.5) is 4.39 Å². The minimum Gasteiger partial charge on any atom is -0.348 e. The topological polar surface area (TPSA) is 29.1 Å². The van der Waals surface area contributed by atoms with E-state index in [9.17, 15) is 9.18 Å². The van der Waals surface area contributed by atoms with Crippen molar-refractivity contribution in [3.63, 3.8) is 0 Å². The van der Waals surface area contributed by atoms with E-state index in [0.29, 0.717) is 22.2 Å². The molecule has 0 radical (unpaired) electrons. The van der Waals surface area contributed by atoms with Crippen molar-refractivity contribution >= 4 is 29.1 Å². The van der Waals surface area contributed by atoms with E-state index < -0.39 is 0 Å². The van der Waals surface area contributed by atoms with Gasteiger partial charge in [-0.25, -0.2) is 4.39 Å². The normalized spacial score (nSPS) is 10.3. The molecule has 2 aromatic carbocycles. The highest BCUT2D eigenvalue weighted by molar-refractivity contribution is 6.35. The lowest BCUT2D eigenvalue weighted by Gasteiger charge is -2.07. The zero-order chi connectivity index (χ0) is 13.8. The molecule has 0 saturated heterocycles. The highest BCUT2D eigenvalue weighted by Crippen LogP contribution is 2.20.